The van der Waals surface area contributed by atoms with E-state index in [-0.39, 0.29) is 17.4 Å². The van der Waals surface area contributed by atoms with E-state index in [1.54, 1.807) is 6.92 Å². The Labute approximate surface area is 167 Å². The molecule has 0 aromatic heterocycles. The Morgan fingerprint density at radius 1 is 1.04 bits per heavy atom. The molecule has 2 heterocycles. The average Bonchev–Trinajstić information content (AvgIpc) is 2.71. The van der Waals surface area contributed by atoms with Crippen LogP contribution in [-0.2, 0) is 11.3 Å². The van der Waals surface area contributed by atoms with Crippen LogP contribution >= 0.6 is 0 Å². The lowest BCUT2D eigenvalue weighted by Crippen LogP contribution is -2.54. The number of amides is 1. The van der Waals surface area contributed by atoms with Crippen molar-refractivity contribution in [3.05, 3.63) is 60.2 Å². The number of likely N-dealkylation sites (tertiary alicyclic amines) is 2. The number of β-amino-alcohol motifs (C(OH)–C–C–N with tert-alkyl or cyclic N) is 1. The number of carbonyl (C=O) groups excluding carboxylic acids is 1. The average molecular weight is 379 g/mol. The van der Waals surface area contributed by atoms with Crippen LogP contribution in [-0.4, -0.2) is 53.1 Å². The van der Waals surface area contributed by atoms with Crippen molar-refractivity contribution < 1.29 is 9.90 Å². The van der Waals surface area contributed by atoms with Gasteiger partial charge in [0.25, 0.3) is 0 Å². The molecule has 0 radical (unpaired) electrons. The fraction of sp³-hybridized carbons (Fsp3) is 0.458. The molecule has 0 saturated carbocycles. The molecule has 2 aromatic rings. The molecule has 1 atom stereocenters. The monoisotopic (exact) mass is 378 g/mol. The minimum absolute atomic E-state index is 0.0825. The molecular weight excluding hydrogens is 348 g/mol. The van der Waals surface area contributed by atoms with Gasteiger partial charge in [0.15, 0.2) is 0 Å². The summed E-state index contributed by atoms with van der Waals surface area (Å²) < 4.78 is 0. The Kier molecular flexibility index (Phi) is 5.51. The van der Waals surface area contributed by atoms with E-state index in [9.17, 15) is 9.90 Å². The number of piperidine rings is 2. The fourth-order valence-electron chi connectivity index (χ4n) is 4.83. The quantitative estimate of drug-likeness (QED) is 0.888. The maximum atomic E-state index is 11.8. The molecule has 1 unspecified atom stereocenters. The van der Waals surface area contributed by atoms with E-state index in [2.05, 4.69) is 53.4 Å². The number of nitrogens with zero attached hydrogens (tertiary/aromatic N) is 2. The highest BCUT2D eigenvalue weighted by Gasteiger charge is 2.42. The molecule has 2 aromatic carbocycles. The van der Waals surface area contributed by atoms with Crippen molar-refractivity contribution in [3.8, 4) is 11.1 Å². The molecule has 1 spiro atoms. The third-order valence-corrected chi connectivity index (χ3v) is 6.46. The Morgan fingerprint density at radius 3 is 2.32 bits per heavy atom. The number of benzene rings is 2. The van der Waals surface area contributed by atoms with Gasteiger partial charge in [0.2, 0.25) is 5.91 Å². The predicted octanol–water partition coefficient (Wildman–Crippen LogP) is 3.55. The fourth-order valence-corrected chi connectivity index (χ4v) is 4.83. The molecule has 1 N–H and O–H groups in total. The summed E-state index contributed by atoms with van der Waals surface area (Å²) in [6.45, 7) is 5.93. The van der Waals surface area contributed by atoms with E-state index in [1.165, 1.54) is 16.7 Å². The minimum Gasteiger partial charge on any atom is -0.391 e. The smallest absolute Gasteiger partial charge is 0.219 e. The second-order valence-electron chi connectivity index (χ2n) is 8.60. The van der Waals surface area contributed by atoms with Gasteiger partial charge in [0, 0.05) is 26.6 Å². The van der Waals surface area contributed by atoms with E-state index in [0.29, 0.717) is 6.54 Å². The van der Waals surface area contributed by atoms with Crippen LogP contribution in [0.3, 0.4) is 0 Å². The topological polar surface area (TPSA) is 43.8 Å². The van der Waals surface area contributed by atoms with E-state index in [4.69, 9.17) is 0 Å². The van der Waals surface area contributed by atoms with Gasteiger partial charge in [-0.05, 0) is 54.5 Å². The van der Waals surface area contributed by atoms with Crippen LogP contribution < -0.4 is 0 Å². The van der Waals surface area contributed by atoms with Gasteiger partial charge >= 0.3 is 0 Å². The molecule has 0 aliphatic carbocycles. The maximum Gasteiger partial charge on any atom is 0.219 e. The molecule has 28 heavy (non-hydrogen) atoms. The van der Waals surface area contributed by atoms with Crippen molar-refractivity contribution in [1.29, 1.82) is 0 Å². The molecule has 4 heteroatoms. The zero-order valence-corrected chi connectivity index (χ0v) is 16.7. The van der Waals surface area contributed by atoms with Crippen LogP contribution in [0.5, 0.6) is 0 Å². The van der Waals surface area contributed by atoms with Crippen molar-refractivity contribution in [2.45, 2.75) is 38.8 Å². The molecule has 4 nitrogen and oxygen atoms in total. The summed E-state index contributed by atoms with van der Waals surface area (Å²) in [5.41, 5.74) is 3.93. The zero-order valence-electron chi connectivity index (χ0n) is 16.7. The first-order valence-corrected chi connectivity index (χ1v) is 10.3. The van der Waals surface area contributed by atoms with E-state index < -0.39 is 0 Å². The van der Waals surface area contributed by atoms with E-state index in [1.807, 2.05) is 11.0 Å². The normalized spacial score (nSPS) is 22.4. The van der Waals surface area contributed by atoms with Crippen molar-refractivity contribution in [2.24, 2.45) is 5.41 Å². The Hall–Kier alpha value is -2.17. The van der Waals surface area contributed by atoms with Gasteiger partial charge in [-0.2, -0.15) is 0 Å². The molecule has 2 saturated heterocycles. The number of aliphatic hydroxyl groups is 1. The van der Waals surface area contributed by atoms with Gasteiger partial charge in [-0.15, -0.1) is 0 Å². The zero-order chi connectivity index (χ0) is 19.6. The van der Waals surface area contributed by atoms with Crippen molar-refractivity contribution in [2.75, 3.05) is 26.2 Å². The first kappa shape index (κ1) is 19.2. The lowest BCUT2D eigenvalue weighted by atomic mass is 9.71. The van der Waals surface area contributed by atoms with Gasteiger partial charge in [0.1, 0.15) is 0 Å². The van der Waals surface area contributed by atoms with Crippen LogP contribution in [0.1, 0.15) is 31.7 Å². The molecule has 2 fully saturated rings. The number of hydrogen-bond acceptors (Lipinski definition) is 3. The van der Waals surface area contributed by atoms with Gasteiger partial charge in [0.05, 0.1) is 6.10 Å². The second-order valence-corrected chi connectivity index (χ2v) is 8.60. The van der Waals surface area contributed by atoms with Gasteiger partial charge in [-0.1, -0.05) is 54.6 Å². The van der Waals surface area contributed by atoms with Crippen LogP contribution in [0.25, 0.3) is 11.1 Å². The first-order chi connectivity index (χ1) is 13.5. The Balaban J connectivity index is 1.35. The predicted molar refractivity (Wildman–Crippen MR) is 112 cm³/mol. The molecule has 2 aliphatic rings. The number of rotatable bonds is 3. The summed E-state index contributed by atoms with van der Waals surface area (Å²) in [5, 5.41) is 10.3. The van der Waals surface area contributed by atoms with Crippen LogP contribution in [0.4, 0.5) is 0 Å². The number of carbonyl (C=O) groups is 1. The Morgan fingerprint density at radius 2 is 1.68 bits per heavy atom. The molecule has 2 aliphatic heterocycles. The molecule has 4 rings (SSSR count). The summed E-state index contributed by atoms with van der Waals surface area (Å²) in [4.78, 5) is 16.2. The third-order valence-electron chi connectivity index (χ3n) is 6.46. The van der Waals surface area contributed by atoms with Gasteiger partial charge < -0.3 is 10.0 Å². The highest BCUT2D eigenvalue weighted by molar-refractivity contribution is 5.73. The summed E-state index contributed by atoms with van der Waals surface area (Å²) in [5.74, 6) is 0.0825. The molecule has 148 valence electrons. The Bertz CT molecular complexity index is 795. The van der Waals surface area contributed by atoms with Crippen molar-refractivity contribution in [3.63, 3.8) is 0 Å². The van der Waals surface area contributed by atoms with E-state index in [0.717, 1.165) is 45.4 Å². The van der Waals surface area contributed by atoms with Gasteiger partial charge in [-0.25, -0.2) is 0 Å². The summed E-state index contributed by atoms with van der Waals surface area (Å²) >= 11 is 0. The van der Waals surface area contributed by atoms with Crippen molar-refractivity contribution >= 4 is 5.91 Å². The molecular formula is C24H30N2O2. The lowest BCUT2D eigenvalue weighted by molar-refractivity contribution is -0.138. The van der Waals surface area contributed by atoms with Gasteiger partial charge in [-0.3, -0.25) is 9.69 Å². The second kappa shape index (κ2) is 8.06. The summed E-state index contributed by atoms with van der Waals surface area (Å²) in [6, 6.07) is 19.3. The first-order valence-electron chi connectivity index (χ1n) is 10.3. The van der Waals surface area contributed by atoms with Crippen molar-refractivity contribution in [1.82, 2.24) is 9.80 Å². The number of hydrogen-bond donors (Lipinski definition) is 1. The minimum atomic E-state index is -0.380. The molecule has 0 bridgehead atoms. The molecule has 1 amide bonds. The van der Waals surface area contributed by atoms with Crippen LogP contribution in [0, 0.1) is 5.41 Å². The highest BCUT2D eigenvalue weighted by atomic mass is 16.3. The SMILES string of the molecule is CC(=O)N1CC(O)CC2(CCN(Cc3ccc(-c4ccccc4)cc3)CC2)C1. The maximum absolute atomic E-state index is 11.8. The summed E-state index contributed by atoms with van der Waals surface area (Å²) in [6.07, 6.45) is 2.55. The van der Waals surface area contributed by atoms with Crippen LogP contribution in [0.15, 0.2) is 54.6 Å². The van der Waals surface area contributed by atoms with Crippen LogP contribution in [0.2, 0.25) is 0 Å². The van der Waals surface area contributed by atoms with E-state index >= 15 is 0 Å². The lowest BCUT2D eigenvalue weighted by Gasteiger charge is -2.49. The number of aliphatic hydroxyl groups excluding tert-OH is 1. The summed E-state index contributed by atoms with van der Waals surface area (Å²) in [7, 11) is 0. The highest BCUT2D eigenvalue weighted by Crippen LogP contribution is 2.40. The largest absolute Gasteiger partial charge is 0.391 e. The standard InChI is InChI=1S/C24H30N2O2/c1-19(27)26-17-23(28)15-24(18-26)11-13-25(14-12-24)16-20-7-9-22(10-8-20)21-5-3-2-4-6-21/h2-10,23,28H,11-18H2,1H3. The third kappa shape index (κ3) is 4.29.